The maximum atomic E-state index is 12.5. The fraction of sp³-hybridized carbons (Fsp3) is 0.182. The molecule has 1 saturated heterocycles. The van der Waals surface area contributed by atoms with Gasteiger partial charge in [0.05, 0.1) is 30.8 Å². The summed E-state index contributed by atoms with van der Waals surface area (Å²) in [5.41, 5.74) is 3.95. The van der Waals surface area contributed by atoms with Gasteiger partial charge in [0, 0.05) is 42.4 Å². The van der Waals surface area contributed by atoms with E-state index in [0.717, 1.165) is 48.9 Å². The Morgan fingerprint density at radius 2 is 1.80 bits per heavy atom. The minimum atomic E-state index is -0.235. The van der Waals surface area contributed by atoms with Gasteiger partial charge in [0.15, 0.2) is 0 Å². The molecule has 0 saturated carbocycles. The molecule has 0 amide bonds. The lowest BCUT2D eigenvalue weighted by atomic mass is 10.1. The number of pyridine rings is 2. The quantitative estimate of drug-likeness (QED) is 0.544. The number of nitrogens with one attached hydrogen (secondary N) is 2. The Morgan fingerprint density at radius 3 is 2.57 bits per heavy atom. The minimum absolute atomic E-state index is 0.235. The molecule has 0 bridgehead atoms. The second kappa shape index (κ2) is 7.92. The minimum Gasteiger partial charge on any atom is -0.378 e. The van der Waals surface area contributed by atoms with Gasteiger partial charge in [-0.15, -0.1) is 0 Å². The van der Waals surface area contributed by atoms with Gasteiger partial charge in [0.25, 0.3) is 5.56 Å². The van der Waals surface area contributed by atoms with Crippen LogP contribution in [0.5, 0.6) is 0 Å². The summed E-state index contributed by atoms with van der Waals surface area (Å²) in [6, 6.07) is 13.7. The summed E-state index contributed by atoms with van der Waals surface area (Å²) in [6.07, 6.45) is 4.83. The molecule has 1 fully saturated rings. The normalized spacial score (nSPS) is 14.1. The highest BCUT2D eigenvalue weighted by Gasteiger charge is 2.14. The summed E-state index contributed by atoms with van der Waals surface area (Å²) in [5, 5.41) is 3.72. The molecule has 1 aliphatic heterocycles. The van der Waals surface area contributed by atoms with Gasteiger partial charge in [-0.2, -0.15) is 0 Å². The number of anilines is 3. The molecule has 0 aliphatic carbocycles. The van der Waals surface area contributed by atoms with E-state index in [9.17, 15) is 4.79 Å². The van der Waals surface area contributed by atoms with Crippen LogP contribution in [0.4, 0.5) is 17.2 Å². The van der Waals surface area contributed by atoms with Crippen molar-refractivity contribution >= 4 is 28.1 Å². The fourth-order valence-electron chi connectivity index (χ4n) is 3.56. The van der Waals surface area contributed by atoms with Gasteiger partial charge in [-0.25, -0.2) is 9.97 Å². The largest absolute Gasteiger partial charge is 0.378 e. The van der Waals surface area contributed by atoms with Gasteiger partial charge in [0.1, 0.15) is 11.2 Å². The van der Waals surface area contributed by atoms with E-state index in [0.29, 0.717) is 16.7 Å². The zero-order chi connectivity index (χ0) is 20.3. The molecule has 150 valence electrons. The van der Waals surface area contributed by atoms with Crippen molar-refractivity contribution in [2.24, 2.45) is 0 Å². The van der Waals surface area contributed by atoms with Crippen molar-refractivity contribution in [3.8, 4) is 11.3 Å². The summed E-state index contributed by atoms with van der Waals surface area (Å²) < 4.78 is 5.42. The van der Waals surface area contributed by atoms with Crippen LogP contribution in [-0.2, 0) is 4.74 Å². The molecule has 0 unspecified atom stereocenters. The lowest BCUT2D eigenvalue weighted by molar-refractivity contribution is 0.122. The van der Waals surface area contributed by atoms with E-state index in [1.54, 1.807) is 12.4 Å². The van der Waals surface area contributed by atoms with Gasteiger partial charge in [-0.3, -0.25) is 9.78 Å². The van der Waals surface area contributed by atoms with Crippen LogP contribution in [0.3, 0.4) is 0 Å². The van der Waals surface area contributed by atoms with Gasteiger partial charge < -0.3 is 19.9 Å². The average Bonchev–Trinajstić information content (AvgIpc) is 2.81. The predicted molar refractivity (Wildman–Crippen MR) is 116 cm³/mol. The highest BCUT2D eigenvalue weighted by atomic mass is 16.5. The van der Waals surface area contributed by atoms with Gasteiger partial charge >= 0.3 is 0 Å². The first-order chi connectivity index (χ1) is 14.8. The van der Waals surface area contributed by atoms with Crippen LogP contribution in [0.2, 0.25) is 0 Å². The predicted octanol–water partition coefficient (Wildman–Crippen LogP) is 2.96. The molecule has 4 heterocycles. The van der Waals surface area contributed by atoms with Crippen LogP contribution in [0.15, 0.2) is 66.0 Å². The topological polar surface area (TPSA) is 96.0 Å². The molecule has 5 rings (SSSR count). The Bertz CT molecular complexity index is 1220. The molecule has 30 heavy (non-hydrogen) atoms. The van der Waals surface area contributed by atoms with E-state index in [1.807, 2.05) is 30.3 Å². The molecular weight excluding hydrogens is 380 g/mol. The third-order valence-electron chi connectivity index (χ3n) is 5.11. The van der Waals surface area contributed by atoms with E-state index in [-0.39, 0.29) is 5.56 Å². The summed E-state index contributed by atoms with van der Waals surface area (Å²) >= 11 is 0. The van der Waals surface area contributed by atoms with E-state index >= 15 is 0 Å². The molecule has 8 heteroatoms. The third kappa shape index (κ3) is 3.60. The number of hydrogen-bond acceptors (Lipinski definition) is 7. The number of aromatic amines is 1. The Morgan fingerprint density at radius 1 is 1.03 bits per heavy atom. The number of rotatable bonds is 4. The Balaban J connectivity index is 1.52. The zero-order valence-corrected chi connectivity index (χ0v) is 16.2. The van der Waals surface area contributed by atoms with Gasteiger partial charge in [-0.05, 0) is 42.5 Å². The summed E-state index contributed by atoms with van der Waals surface area (Å²) in [6.45, 7) is 3.25. The second-order valence-corrected chi connectivity index (χ2v) is 6.99. The van der Waals surface area contributed by atoms with E-state index in [4.69, 9.17) is 9.72 Å². The summed E-state index contributed by atoms with van der Waals surface area (Å²) in [7, 11) is 0. The lowest BCUT2D eigenvalue weighted by Crippen LogP contribution is -2.36. The molecule has 0 spiro atoms. The van der Waals surface area contributed by atoms with Gasteiger partial charge in [0.2, 0.25) is 0 Å². The first-order valence-corrected chi connectivity index (χ1v) is 9.76. The Labute approximate surface area is 172 Å². The van der Waals surface area contributed by atoms with E-state index < -0.39 is 0 Å². The first kappa shape index (κ1) is 18.3. The summed E-state index contributed by atoms with van der Waals surface area (Å²) in [5.74, 6) is 0.466. The van der Waals surface area contributed by atoms with Crippen molar-refractivity contribution in [3.63, 3.8) is 0 Å². The van der Waals surface area contributed by atoms with Crippen molar-refractivity contribution in [2.45, 2.75) is 0 Å². The highest BCUT2D eigenvalue weighted by Crippen LogP contribution is 2.27. The van der Waals surface area contributed by atoms with Crippen LogP contribution in [0.1, 0.15) is 0 Å². The standard InChI is InChI=1S/C22H20N6O2/c29-22-20-19(24-14-25-22)13-18(15-5-7-23-8-6-15)27-21(20)26-16-1-3-17(4-2-16)28-9-11-30-12-10-28/h1-8,13-14H,9-12H2,(H,26,27)(H,24,25,29). The van der Waals surface area contributed by atoms with Crippen LogP contribution in [0, 0.1) is 0 Å². The number of ether oxygens (including phenoxy) is 1. The zero-order valence-electron chi connectivity index (χ0n) is 16.2. The van der Waals surface area contributed by atoms with E-state index in [2.05, 4.69) is 37.3 Å². The average molecular weight is 400 g/mol. The molecular formula is C22H20N6O2. The van der Waals surface area contributed by atoms with Crippen molar-refractivity contribution in [3.05, 3.63) is 71.5 Å². The highest BCUT2D eigenvalue weighted by molar-refractivity contribution is 5.92. The number of benzene rings is 1. The van der Waals surface area contributed by atoms with Crippen molar-refractivity contribution in [1.29, 1.82) is 0 Å². The lowest BCUT2D eigenvalue weighted by Gasteiger charge is -2.28. The number of morpholine rings is 1. The van der Waals surface area contributed by atoms with Crippen LogP contribution in [-0.4, -0.2) is 46.2 Å². The number of nitrogens with zero attached hydrogens (tertiary/aromatic N) is 4. The van der Waals surface area contributed by atoms with Crippen LogP contribution in [0.25, 0.3) is 22.2 Å². The van der Waals surface area contributed by atoms with Crippen molar-refractivity contribution < 1.29 is 4.74 Å². The van der Waals surface area contributed by atoms with Gasteiger partial charge in [-0.1, -0.05) is 0 Å². The maximum Gasteiger partial charge on any atom is 0.262 e. The van der Waals surface area contributed by atoms with Crippen molar-refractivity contribution in [1.82, 2.24) is 19.9 Å². The smallest absolute Gasteiger partial charge is 0.262 e. The number of fused-ring (bicyclic) bond motifs is 1. The number of hydrogen-bond donors (Lipinski definition) is 2. The fourth-order valence-corrected chi connectivity index (χ4v) is 3.56. The van der Waals surface area contributed by atoms with E-state index in [1.165, 1.54) is 6.33 Å². The monoisotopic (exact) mass is 400 g/mol. The Hall–Kier alpha value is -3.78. The Kier molecular flexibility index (Phi) is 4.82. The molecule has 0 atom stereocenters. The third-order valence-corrected chi connectivity index (χ3v) is 5.11. The molecule has 2 N–H and O–H groups in total. The maximum absolute atomic E-state index is 12.5. The van der Waals surface area contributed by atoms with Crippen LogP contribution < -0.4 is 15.8 Å². The van der Waals surface area contributed by atoms with Crippen LogP contribution >= 0.6 is 0 Å². The first-order valence-electron chi connectivity index (χ1n) is 9.76. The molecule has 4 aromatic rings. The molecule has 3 aromatic heterocycles. The molecule has 0 radical (unpaired) electrons. The second-order valence-electron chi connectivity index (χ2n) is 6.99. The molecule has 8 nitrogen and oxygen atoms in total. The SMILES string of the molecule is O=c1[nH]cnc2cc(-c3ccncc3)nc(Nc3ccc(N4CCOCC4)cc3)c12. The molecule has 1 aliphatic rings. The number of H-pyrrole nitrogens is 1. The summed E-state index contributed by atoms with van der Waals surface area (Å²) in [4.78, 5) is 30.5. The van der Waals surface area contributed by atoms with Crippen molar-refractivity contribution in [2.75, 3.05) is 36.5 Å². The molecule has 1 aromatic carbocycles. The number of aromatic nitrogens is 4.